The average molecular weight is 249 g/mol. The van der Waals surface area contributed by atoms with E-state index in [1.807, 2.05) is 31.2 Å². The highest BCUT2D eigenvalue weighted by Gasteiger charge is 2.12. The van der Waals surface area contributed by atoms with Crippen LogP contribution in [0.25, 0.3) is 0 Å². The molecule has 0 saturated heterocycles. The van der Waals surface area contributed by atoms with Crippen molar-refractivity contribution in [3.8, 4) is 5.75 Å². The van der Waals surface area contributed by atoms with Gasteiger partial charge in [-0.25, -0.2) is 0 Å². The lowest BCUT2D eigenvalue weighted by Gasteiger charge is -2.17. The van der Waals surface area contributed by atoms with E-state index < -0.39 is 0 Å². The molecule has 0 aromatic heterocycles. The quantitative estimate of drug-likeness (QED) is 0.663. The van der Waals surface area contributed by atoms with E-state index in [1.165, 1.54) is 0 Å². The Labute approximate surface area is 110 Å². The summed E-state index contributed by atoms with van der Waals surface area (Å²) in [6.45, 7) is 9.52. The molecule has 0 bridgehead atoms. The van der Waals surface area contributed by atoms with Crippen molar-refractivity contribution in [2.45, 2.75) is 27.2 Å². The summed E-state index contributed by atoms with van der Waals surface area (Å²) in [6, 6.07) is 7.48. The third kappa shape index (κ3) is 4.15. The molecule has 1 rings (SSSR count). The van der Waals surface area contributed by atoms with Crippen LogP contribution < -0.4 is 4.74 Å². The molecule has 0 radical (unpaired) electrons. The predicted molar refractivity (Wildman–Crippen MR) is 74.3 cm³/mol. The molecule has 0 heterocycles. The van der Waals surface area contributed by atoms with Gasteiger partial charge in [0, 0.05) is 13.0 Å². The second kappa shape index (κ2) is 7.88. The van der Waals surface area contributed by atoms with Gasteiger partial charge in [-0.1, -0.05) is 26.0 Å². The number of benzene rings is 1. The maximum atomic E-state index is 12.2. The zero-order chi connectivity index (χ0) is 13.4. The van der Waals surface area contributed by atoms with E-state index in [9.17, 15) is 4.79 Å². The lowest BCUT2D eigenvalue weighted by atomic mass is 10.1. The van der Waals surface area contributed by atoms with Crippen molar-refractivity contribution < 1.29 is 9.53 Å². The summed E-state index contributed by atoms with van der Waals surface area (Å²) in [7, 11) is 0. The van der Waals surface area contributed by atoms with Gasteiger partial charge in [-0.15, -0.1) is 0 Å². The van der Waals surface area contributed by atoms with Crippen LogP contribution in [0.2, 0.25) is 0 Å². The number of Topliss-reactive ketones (excluding diaryl/α,β-unsaturated/α-hetero) is 1. The van der Waals surface area contributed by atoms with Gasteiger partial charge in [-0.05, 0) is 32.1 Å². The van der Waals surface area contributed by atoms with Crippen molar-refractivity contribution in [2.75, 3.05) is 26.2 Å². The third-order valence-electron chi connectivity index (χ3n) is 3.04. The first-order valence-electron chi connectivity index (χ1n) is 6.70. The molecule has 1 aromatic rings. The number of ketones is 1. The van der Waals surface area contributed by atoms with Crippen molar-refractivity contribution >= 4 is 5.78 Å². The van der Waals surface area contributed by atoms with Gasteiger partial charge < -0.3 is 9.64 Å². The molecule has 100 valence electrons. The minimum Gasteiger partial charge on any atom is -0.493 e. The summed E-state index contributed by atoms with van der Waals surface area (Å²) < 4.78 is 5.48. The van der Waals surface area contributed by atoms with Crippen molar-refractivity contribution in [3.63, 3.8) is 0 Å². The smallest absolute Gasteiger partial charge is 0.167 e. The van der Waals surface area contributed by atoms with Crippen LogP contribution >= 0.6 is 0 Å². The minimum absolute atomic E-state index is 0.158. The monoisotopic (exact) mass is 249 g/mol. The Morgan fingerprint density at radius 2 is 1.83 bits per heavy atom. The number of hydrogen-bond donors (Lipinski definition) is 0. The Morgan fingerprint density at radius 3 is 2.44 bits per heavy atom. The average Bonchev–Trinajstić information content (AvgIpc) is 2.40. The van der Waals surface area contributed by atoms with Crippen molar-refractivity contribution in [1.82, 2.24) is 4.90 Å². The van der Waals surface area contributed by atoms with Crippen LogP contribution in [0.15, 0.2) is 24.3 Å². The summed E-state index contributed by atoms with van der Waals surface area (Å²) >= 11 is 0. The zero-order valence-corrected chi connectivity index (χ0v) is 11.6. The Balaban J connectivity index is 2.66. The standard InChI is InChI=1S/C15H23NO2/c1-4-16(5-2)12-11-14(17)13-9-7-8-10-15(13)18-6-3/h7-10H,4-6,11-12H2,1-3H3. The van der Waals surface area contributed by atoms with Gasteiger partial charge in [0.1, 0.15) is 5.75 Å². The summed E-state index contributed by atoms with van der Waals surface area (Å²) in [5, 5.41) is 0. The maximum absolute atomic E-state index is 12.2. The number of carbonyl (C=O) groups is 1. The van der Waals surface area contributed by atoms with Crippen molar-refractivity contribution in [2.24, 2.45) is 0 Å². The molecule has 0 aliphatic heterocycles. The Kier molecular flexibility index (Phi) is 6.44. The van der Waals surface area contributed by atoms with E-state index in [2.05, 4.69) is 18.7 Å². The first-order valence-corrected chi connectivity index (χ1v) is 6.70. The molecule has 0 aliphatic carbocycles. The molecular weight excluding hydrogens is 226 g/mol. The fourth-order valence-corrected chi connectivity index (χ4v) is 1.91. The van der Waals surface area contributed by atoms with E-state index in [4.69, 9.17) is 4.74 Å². The normalized spacial score (nSPS) is 10.7. The fourth-order valence-electron chi connectivity index (χ4n) is 1.91. The number of carbonyl (C=O) groups excluding carboxylic acids is 1. The molecule has 0 N–H and O–H groups in total. The van der Waals surface area contributed by atoms with Gasteiger partial charge in [0.2, 0.25) is 0 Å². The van der Waals surface area contributed by atoms with Gasteiger partial charge in [0.15, 0.2) is 5.78 Å². The van der Waals surface area contributed by atoms with Crippen LogP contribution in [-0.2, 0) is 0 Å². The molecule has 3 nitrogen and oxygen atoms in total. The molecule has 0 unspecified atom stereocenters. The topological polar surface area (TPSA) is 29.5 Å². The second-order valence-corrected chi connectivity index (χ2v) is 4.13. The largest absolute Gasteiger partial charge is 0.493 e. The van der Waals surface area contributed by atoms with Gasteiger partial charge in [-0.3, -0.25) is 4.79 Å². The Morgan fingerprint density at radius 1 is 1.17 bits per heavy atom. The molecule has 0 spiro atoms. The number of para-hydroxylation sites is 1. The van der Waals surface area contributed by atoms with Gasteiger partial charge in [-0.2, -0.15) is 0 Å². The highest BCUT2D eigenvalue weighted by Crippen LogP contribution is 2.19. The number of hydrogen-bond acceptors (Lipinski definition) is 3. The second-order valence-electron chi connectivity index (χ2n) is 4.13. The zero-order valence-electron chi connectivity index (χ0n) is 11.6. The lowest BCUT2D eigenvalue weighted by molar-refractivity contribution is 0.0963. The van der Waals surface area contributed by atoms with Crippen LogP contribution in [0.5, 0.6) is 5.75 Å². The summed E-state index contributed by atoms with van der Waals surface area (Å²) in [5.74, 6) is 0.857. The fraction of sp³-hybridized carbons (Fsp3) is 0.533. The summed E-state index contributed by atoms with van der Waals surface area (Å²) in [6.07, 6.45) is 0.547. The Hall–Kier alpha value is -1.35. The molecule has 0 amide bonds. The van der Waals surface area contributed by atoms with Crippen LogP contribution in [0.3, 0.4) is 0 Å². The molecular formula is C15H23NO2. The van der Waals surface area contributed by atoms with Crippen molar-refractivity contribution in [3.05, 3.63) is 29.8 Å². The summed E-state index contributed by atoms with van der Waals surface area (Å²) in [4.78, 5) is 14.4. The van der Waals surface area contributed by atoms with Gasteiger partial charge >= 0.3 is 0 Å². The number of ether oxygens (including phenoxy) is 1. The molecule has 0 aliphatic rings. The molecule has 0 saturated carbocycles. The summed E-state index contributed by atoms with van der Waals surface area (Å²) in [5.41, 5.74) is 0.700. The van der Waals surface area contributed by atoms with Crippen LogP contribution in [0, 0.1) is 0 Å². The van der Waals surface area contributed by atoms with Gasteiger partial charge in [0.25, 0.3) is 0 Å². The van der Waals surface area contributed by atoms with E-state index in [1.54, 1.807) is 0 Å². The number of nitrogens with zero attached hydrogens (tertiary/aromatic N) is 1. The SMILES string of the molecule is CCOc1ccccc1C(=O)CCN(CC)CC. The minimum atomic E-state index is 0.158. The van der Waals surface area contributed by atoms with Crippen LogP contribution in [0.4, 0.5) is 0 Å². The molecule has 1 aromatic carbocycles. The maximum Gasteiger partial charge on any atom is 0.167 e. The van der Waals surface area contributed by atoms with E-state index in [0.717, 1.165) is 19.6 Å². The van der Waals surface area contributed by atoms with Crippen LogP contribution in [0.1, 0.15) is 37.6 Å². The lowest BCUT2D eigenvalue weighted by Crippen LogP contribution is -2.25. The third-order valence-corrected chi connectivity index (χ3v) is 3.04. The highest BCUT2D eigenvalue weighted by atomic mass is 16.5. The van der Waals surface area contributed by atoms with E-state index in [0.29, 0.717) is 24.3 Å². The molecule has 0 atom stereocenters. The van der Waals surface area contributed by atoms with E-state index in [-0.39, 0.29) is 5.78 Å². The van der Waals surface area contributed by atoms with Crippen LogP contribution in [-0.4, -0.2) is 36.9 Å². The van der Waals surface area contributed by atoms with Crippen molar-refractivity contribution in [1.29, 1.82) is 0 Å². The first kappa shape index (κ1) is 14.7. The number of rotatable bonds is 8. The molecule has 3 heteroatoms. The Bertz CT molecular complexity index is 373. The highest BCUT2D eigenvalue weighted by molar-refractivity contribution is 5.98. The molecule has 0 fully saturated rings. The first-order chi connectivity index (χ1) is 8.72. The predicted octanol–water partition coefficient (Wildman–Crippen LogP) is 3.00. The van der Waals surface area contributed by atoms with Gasteiger partial charge in [0.05, 0.1) is 12.2 Å². The van der Waals surface area contributed by atoms with E-state index >= 15 is 0 Å². The molecule has 18 heavy (non-hydrogen) atoms.